The maximum atomic E-state index is 10.8. The fourth-order valence-corrected chi connectivity index (χ4v) is 1.36. The molecule has 0 spiro atoms. The molecule has 0 amide bonds. The number of methoxy groups -OCH3 is 1. The van der Waals surface area contributed by atoms with E-state index >= 15 is 0 Å². The van der Waals surface area contributed by atoms with Gasteiger partial charge in [-0.15, -0.1) is 0 Å². The van der Waals surface area contributed by atoms with E-state index in [9.17, 15) is 10.1 Å². The first-order chi connectivity index (χ1) is 7.04. The summed E-state index contributed by atoms with van der Waals surface area (Å²) >= 11 is 0. The van der Waals surface area contributed by atoms with E-state index in [1.54, 1.807) is 12.1 Å². The van der Waals surface area contributed by atoms with Crippen molar-refractivity contribution >= 4 is 5.69 Å². The highest BCUT2D eigenvalue weighted by molar-refractivity contribution is 5.46. The van der Waals surface area contributed by atoms with Gasteiger partial charge in [0.1, 0.15) is 5.75 Å². The molecule has 1 rings (SSSR count). The number of nitro groups is 1. The van der Waals surface area contributed by atoms with Crippen LogP contribution in [0.2, 0.25) is 0 Å². The summed E-state index contributed by atoms with van der Waals surface area (Å²) in [6.45, 7) is 1.81. The third-order valence-electron chi connectivity index (χ3n) is 2.03. The molecule has 2 N–H and O–H groups in total. The Labute approximate surface area is 88.0 Å². The Morgan fingerprint density at radius 3 is 2.73 bits per heavy atom. The quantitative estimate of drug-likeness (QED) is 0.603. The van der Waals surface area contributed by atoms with Gasteiger partial charge in [-0.3, -0.25) is 10.1 Å². The number of hydrogen-bond donors (Lipinski definition) is 1. The first-order valence-electron chi connectivity index (χ1n) is 4.61. The van der Waals surface area contributed by atoms with E-state index in [1.807, 2.05) is 6.92 Å². The minimum absolute atomic E-state index is 0.0617. The Morgan fingerprint density at radius 1 is 1.60 bits per heavy atom. The van der Waals surface area contributed by atoms with Crippen molar-refractivity contribution < 1.29 is 9.66 Å². The van der Waals surface area contributed by atoms with Gasteiger partial charge in [0.25, 0.3) is 5.69 Å². The monoisotopic (exact) mass is 210 g/mol. The molecule has 5 nitrogen and oxygen atoms in total. The van der Waals surface area contributed by atoms with Crippen molar-refractivity contribution in [2.24, 2.45) is 5.73 Å². The number of nitrogens with two attached hydrogens (primary N) is 1. The Balaban J connectivity index is 3.09. The predicted octanol–water partition coefficient (Wildman–Crippen LogP) is 1.49. The normalized spacial score (nSPS) is 12.2. The molecule has 0 heterocycles. The lowest BCUT2D eigenvalue weighted by Gasteiger charge is -2.07. The van der Waals surface area contributed by atoms with Crippen molar-refractivity contribution in [1.29, 1.82) is 0 Å². The Hall–Kier alpha value is -1.62. The van der Waals surface area contributed by atoms with Crippen LogP contribution in [0.5, 0.6) is 5.75 Å². The SMILES string of the molecule is COc1ccc(CC(C)N)c([N+](=O)[O-])c1. The molecule has 15 heavy (non-hydrogen) atoms. The molecule has 0 aromatic heterocycles. The van der Waals surface area contributed by atoms with Crippen LogP contribution in [0.3, 0.4) is 0 Å². The van der Waals surface area contributed by atoms with Gasteiger partial charge in [0, 0.05) is 11.6 Å². The van der Waals surface area contributed by atoms with E-state index in [4.69, 9.17) is 10.5 Å². The van der Waals surface area contributed by atoms with Crippen molar-refractivity contribution in [3.63, 3.8) is 0 Å². The highest BCUT2D eigenvalue weighted by atomic mass is 16.6. The Morgan fingerprint density at radius 2 is 2.27 bits per heavy atom. The van der Waals surface area contributed by atoms with Gasteiger partial charge in [-0.25, -0.2) is 0 Å². The van der Waals surface area contributed by atoms with Gasteiger partial charge in [0.2, 0.25) is 0 Å². The summed E-state index contributed by atoms with van der Waals surface area (Å²) in [5.41, 5.74) is 6.31. The lowest BCUT2D eigenvalue weighted by Crippen LogP contribution is -2.18. The molecule has 0 bridgehead atoms. The zero-order chi connectivity index (χ0) is 11.4. The zero-order valence-electron chi connectivity index (χ0n) is 8.77. The van der Waals surface area contributed by atoms with Gasteiger partial charge < -0.3 is 10.5 Å². The van der Waals surface area contributed by atoms with Crippen molar-refractivity contribution in [3.05, 3.63) is 33.9 Å². The number of nitro benzene ring substituents is 1. The average Bonchev–Trinajstić information content (AvgIpc) is 2.17. The standard InChI is InChI=1S/C10H14N2O3/c1-7(11)5-8-3-4-9(15-2)6-10(8)12(13)14/h3-4,6-7H,5,11H2,1-2H3. The molecular weight excluding hydrogens is 196 g/mol. The van der Waals surface area contributed by atoms with Gasteiger partial charge in [0.05, 0.1) is 18.1 Å². The molecule has 0 fully saturated rings. The van der Waals surface area contributed by atoms with Crippen LogP contribution >= 0.6 is 0 Å². The van der Waals surface area contributed by atoms with Crippen LogP contribution in [0.1, 0.15) is 12.5 Å². The summed E-state index contributed by atoms with van der Waals surface area (Å²) in [6, 6.07) is 4.69. The van der Waals surface area contributed by atoms with Crippen LogP contribution in [-0.4, -0.2) is 18.1 Å². The number of ether oxygens (including phenoxy) is 1. The van der Waals surface area contributed by atoms with Crippen LogP contribution in [0.4, 0.5) is 5.69 Å². The van der Waals surface area contributed by atoms with Crippen molar-refractivity contribution in [1.82, 2.24) is 0 Å². The van der Waals surface area contributed by atoms with E-state index in [-0.39, 0.29) is 11.7 Å². The minimum atomic E-state index is -0.416. The molecule has 0 aliphatic heterocycles. The van der Waals surface area contributed by atoms with E-state index in [1.165, 1.54) is 13.2 Å². The van der Waals surface area contributed by atoms with Gasteiger partial charge in [-0.1, -0.05) is 0 Å². The number of benzene rings is 1. The molecule has 0 aliphatic carbocycles. The topological polar surface area (TPSA) is 78.4 Å². The molecule has 1 aromatic carbocycles. The smallest absolute Gasteiger partial charge is 0.276 e. The summed E-state index contributed by atoms with van der Waals surface area (Å²) in [5, 5.41) is 10.8. The number of hydrogen-bond acceptors (Lipinski definition) is 4. The third kappa shape index (κ3) is 2.92. The summed E-state index contributed by atoms with van der Waals surface area (Å²) in [7, 11) is 1.48. The molecule has 0 saturated heterocycles. The molecule has 82 valence electrons. The van der Waals surface area contributed by atoms with Gasteiger partial charge in [-0.05, 0) is 25.5 Å². The number of nitrogens with zero attached hydrogens (tertiary/aromatic N) is 1. The summed E-state index contributed by atoms with van der Waals surface area (Å²) < 4.78 is 4.93. The largest absolute Gasteiger partial charge is 0.497 e. The molecule has 1 aromatic rings. The summed E-state index contributed by atoms with van der Waals surface area (Å²) in [5.74, 6) is 0.482. The molecular formula is C10H14N2O3. The van der Waals surface area contributed by atoms with Gasteiger partial charge in [-0.2, -0.15) is 0 Å². The summed E-state index contributed by atoms with van der Waals surface area (Å²) in [6.07, 6.45) is 0.486. The molecule has 0 aliphatic rings. The second-order valence-electron chi connectivity index (χ2n) is 3.43. The van der Waals surface area contributed by atoms with Crippen molar-refractivity contribution in [2.75, 3.05) is 7.11 Å². The minimum Gasteiger partial charge on any atom is -0.497 e. The van der Waals surface area contributed by atoms with Crippen molar-refractivity contribution in [2.45, 2.75) is 19.4 Å². The highest BCUT2D eigenvalue weighted by Crippen LogP contribution is 2.25. The summed E-state index contributed by atoms with van der Waals surface area (Å²) in [4.78, 5) is 10.4. The molecule has 1 atom stereocenters. The van der Waals surface area contributed by atoms with E-state index < -0.39 is 4.92 Å². The van der Waals surface area contributed by atoms with Crippen LogP contribution < -0.4 is 10.5 Å². The van der Waals surface area contributed by atoms with E-state index in [0.717, 1.165) is 0 Å². The van der Waals surface area contributed by atoms with Gasteiger partial charge in [0.15, 0.2) is 0 Å². The molecule has 0 saturated carbocycles. The fourth-order valence-electron chi connectivity index (χ4n) is 1.36. The Bertz CT molecular complexity index is 364. The van der Waals surface area contributed by atoms with Crippen LogP contribution in [0.25, 0.3) is 0 Å². The third-order valence-corrected chi connectivity index (χ3v) is 2.03. The van der Waals surface area contributed by atoms with Crippen LogP contribution in [0.15, 0.2) is 18.2 Å². The lowest BCUT2D eigenvalue weighted by atomic mass is 10.1. The predicted molar refractivity (Wildman–Crippen MR) is 57.0 cm³/mol. The zero-order valence-corrected chi connectivity index (χ0v) is 8.77. The van der Waals surface area contributed by atoms with E-state index in [2.05, 4.69) is 0 Å². The second kappa shape index (κ2) is 4.75. The first kappa shape index (κ1) is 11.5. The second-order valence-corrected chi connectivity index (χ2v) is 3.43. The average molecular weight is 210 g/mol. The molecule has 5 heteroatoms. The maximum absolute atomic E-state index is 10.8. The number of rotatable bonds is 4. The van der Waals surface area contributed by atoms with Gasteiger partial charge >= 0.3 is 0 Å². The highest BCUT2D eigenvalue weighted by Gasteiger charge is 2.15. The van der Waals surface area contributed by atoms with E-state index in [0.29, 0.717) is 17.7 Å². The van der Waals surface area contributed by atoms with Crippen molar-refractivity contribution in [3.8, 4) is 5.75 Å². The molecule has 0 radical (unpaired) electrons. The van der Waals surface area contributed by atoms with Crippen LogP contribution in [-0.2, 0) is 6.42 Å². The Kier molecular flexibility index (Phi) is 3.62. The lowest BCUT2D eigenvalue weighted by molar-refractivity contribution is -0.385. The van der Waals surface area contributed by atoms with Crippen LogP contribution in [0, 0.1) is 10.1 Å². The maximum Gasteiger partial charge on any atom is 0.276 e. The molecule has 1 unspecified atom stereocenters. The first-order valence-corrected chi connectivity index (χ1v) is 4.61. The fraction of sp³-hybridized carbons (Fsp3) is 0.400.